The first kappa shape index (κ1) is 10.4. The summed E-state index contributed by atoms with van der Waals surface area (Å²) in [6, 6.07) is 0.740. The fraction of sp³-hybridized carbons (Fsp3) is 1.00. The molecule has 0 aromatic carbocycles. The van der Waals surface area contributed by atoms with Crippen molar-refractivity contribution < 1.29 is 4.74 Å². The van der Waals surface area contributed by atoms with Crippen LogP contribution in [-0.4, -0.2) is 50.3 Å². The zero-order chi connectivity index (χ0) is 9.97. The highest BCUT2D eigenvalue weighted by Crippen LogP contribution is 2.22. The van der Waals surface area contributed by atoms with Gasteiger partial charge in [0.25, 0.3) is 0 Å². The van der Waals surface area contributed by atoms with Gasteiger partial charge in [0.1, 0.15) is 0 Å². The molecule has 0 bridgehead atoms. The molecule has 82 valence electrons. The molecular formula is C11H22N2O. The number of nitrogens with one attached hydrogen (secondary N) is 1. The predicted octanol–water partition coefficient (Wildman–Crippen LogP) is 0.705. The topological polar surface area (TPSA) is 24.5 Å². The summed E-state index contributed by atoms with van der Waals surface area (Å²) in [5, 5.41) is 3.49. The molecule has 2 aliphatic rings. The van der Waals surface area contributed by atoms with Crippen LogP contribution in [0, 0.1) is 5.92 Å². The fourth-order valence-corrected chi connectivity index (χ4v) is 2.71. The van der Waals surface area contributed by atoms with Gasteiger partial charge < -0.3 is 10.1 Å². The van der Waals surface area contributed by atoms with Crippen LogP contribution in [0.25, 0.3) is 0 Å². The molecule has 0 saturated carbocycles. The van der Waals surface area contributed by atoms with Gasteiger partial charge in [-0.25, -0.2) is 0 Å². The molecule has 2 fully saturated rings. The van der Waals surface area contributed by atoms with E-state index in [1.807, 2.05) is 7.11 Å². The average Bonchev–Trinajstić information content (AvgIpc) is 2.67. The van der Waals surface area contributed by atoms with Crippen LogP contribution in [0.1, 0.15) is 19.8 Å². The van der Waals surface area contributed by atoms with Crippen molar-refractivity contribution in [2.75, 3.05) is 33.3 Å². The zero-order valence-corrected chi connectivity index (χ0v) is 9.33. The molecule has 2 aliphatic heterocycles. The van der Waals surface area contributed by atoms with Crippen LogP contribution in [-0.2, 0) is 4.74 Å². The highest BCUT2D eigenvalue weighted by molar-refractivity contribution is 4.88. The van der Waals surface area contributed by atoms with Crippen molar-refractivity contribution in [2.45, 2.75) is 31.9 Å². The minimum absolute atomic E-state index is 0.476. The van der Waals surface area contributed by atoms with E-state index in [1.54, 1.807) is 0 Å². The first-order valence-electron chi connectivity index (χ1n) is 5.79. The molecule has 3 unspecified atom stereocenters. The molecule has 2 rings (SSSR count). The van der Waals surface area contributed by atoms with Crippen molar-refractivity contribution in [2.24, 2.45) is 5.92 Å². The molecule has 14 heavy (non-hydrogen) atoms. The number of hydrogen-bond donors (Lipinski definition) is 1. The molecular weight excluding hydrogens is 176 g/mol. The fourth-order valence-electron chi connectivity index (χ4n) is 2.71. The quantitative estimate of drug-likeness (QED) is 0.707. The number of rotatable bonds is 2. The lowest BCUT2D eigenvalue weighted by Crippen LogP contribution is -2.49. The Hall–Kier alpha value is -0.120. The summed E-state index contributed by atoms with van der Waals surface area (Å²) in [4.78, 5) is 2.60. The normalized spacial score (nSPS) is 40.3. The van der Waals surface area contributed by atoms with Crippen molar-refractivity contribution in [3.63, 3.8) is 0 Å². The standard InChI is InChI=1S/C11H22N2O/c1-9-3-5-12-7-11(9)13-6-4-10(8-13)14-2/h9-12H,3-8H2,1-2H3. The Labute approximate surface area is 86.8 Å². The first-order chi connectivity index (χ1) is 6.81. The van der Waals surface area contributed by atoms with Crippen LogP contribution >= 0.6 is 0 Å². The highest BCUT2D eigenvalue weighted by atomic mass is 16.5. The summed E-state index contributed by atoms with van der Waals surface area (Å²) in [7, 11) is 1.83. The molecule has 2 saturated heterocycles. The van der Waals surface area contributed by atoms with Crippen molar-refractivity contribution in [3.8, 4) is 0 Å². The third-order valence-electron chi connectivity index (χ3n) is 3.77. The van der Waals surface area contributed by atoms with Crippen LogP contribution in [0.2, 0.25) is 0 Å². The van der Waals surface area contributed by atoms with Crippen molar-refractivity contribution in [1.82, 2.24) is 10.2 Å². The third-order valence-corrected chi connectivity index (χ3v) is 3.77. The molecule has 3 nitrogen and oxygen atoms in total. The van der Waals surface area contributed by atoms with E-state index in [-0.39, 0.29) is 0 Å². The monoisotopic (exact) mass is 198 g/mol. The van der Waals surface area contributed by atoms with E-state index in [0.29, 0.717) is 6.10 Å². The van der Waals surface area contributed by atoms with Gasteiger partial charge in [-0.2, -0.15) is 0 Å². The Morgan fingerprint density at radius 1 is 1.36 bits per heavy atom. The number of ether oxygens (including phenoxy) is 1. The summed E-state index contributed by atoms with van der Waals surface area (Å²) >= 11 is 0. The number of likely N-dealkylation sites (tertiary alicyclic amines) is 1. The highest BCUT2D eigenvalue weighted by Gasteiger charge is 2.32. The zero-order valence-electron chi connectivity index (χ0n) is 9.33. The lowest BCUT2D eigenvalue weighted by atomic mass is 9.94. The van der Waals surface area contributed by atoms with E-state index in [1.165, 1.54) is 25.9 Å². The Bertz CT molecular complexity index is 186. The molecule has 0 radical (unpaired) electrons. The van der Waals surface area contributed by atoms with E-state index in [2.05, 4.69) is 17.1 Å². The Kier molecular flexibility index (Phi) is 3.42. The second-order valence-corrected chi connectivity index (χ2v) is 4.68. The van der Waals surface area contributed by atoms with Crippen LogP contribution in [0.15, 0.2) is 0 Å². The van der Waals surface area contributed by atoms with Gasteiger partial charge >= 0.3 is 0 Å². The molecule has 3 atom stereocenters. The van der Waals surface area contributed by atoms with Crippen molar-refractivity contribution in [3.05, 3.63) is 0 Å². The maximum atomic E-state index is 5.41. The summed E-state index contributed by atoms with van der Waals surface area (Å²) in [6.07, 6.45) is 3.00. The molecule has 0 spiro atoms. The molecule has 1 N–H and O–H groups in total. The van der Waals surface area contributed by atoms with Gasteiger partial charge in [-0.3, -0.25) is 4.90 Å². The third kappa shape index (κ3) is 2.10. The maximum absolute atomic E-state index is 5.41. The van der Waals surface area contributed by atoms with E-state index in [4.69, 9.17) is 4.74 Å². The predicted molar refractivity (Wildman–Crippen MR) is 57.4 cm³/mol. The molecule has 0 aromatic rings. The van der Waals surface area contributed by atoms with Crippen molar-refractivity contribution >= 4 is 0 Å². The number of piperidine rings is 1. The summed E-state index contributed by atoms with van der Waals surface area (Å²) in [5.41, 5.74) is 0. The van der Waals surface area contributed by atoms with E-state index < -0.39 is 0 Å². The Balaban J connectivity index is 1.88. The summed E-state index contributed by atoms with van der Waals surface area (Å²) in [5.74, 6) is 0.840. The van der Waals surface area contributed by atoms with Gasteiger partial charge in [0.15, 0.2) is 0 Å². The minimum Gasteiger partial charge on any atom is -0.380 e. The van der Waals surface area contributed by atoms with E-state index in [0.717, 1.165) is 25.0 Å². The Morgan fingerprint density at radius 3 is 2.86 bits per heavy atom. The number of nitrogens with zero attached hydrogens (tertiary/aromatic N) is 1. The lowest BCUT2D eigenvalue weighted by molar-refractivity contribution is 0.0871. The van der Waals surface area contributed by atoms with Gasteiger partial charge in [-0.15, -0.1) is 0 Å². The second-order valence-electron chi connectivity index (χ2n) is 4.68. The van der Waals surface area contributed by atoms with Crippen LogP contribution in [0.5, 0.6) is 0 Å². The second kappa shape index (κ2) is 4.60. The minimum atomic E-state index is 0.476. The average molecular weight is 198 g/mol. The van der Waals surface area contributed by atoms with Gasteiger partial charge in [0.2, 0.25) is 0 Å². The van der Waals surface area contributed by atoms with Crippen molar-refractivity contribution in [1.29, 1.82) is 0 Å². The van der Waals surface area contributed by atoms with Gasteiger partial charge in [0.05, 0.1) is 6.10 Å². The molecule has 3 heteroatoms. The molecule has 0 amide bonds. The number of methoxy groups -OCH3 is 1. The van der Waals surface area contributed by atoms with E-state index in [9.17, 15) is 0 Å². The molecule has 2 heterocycles. The number of hydrogen-bond acceptors (Lipinski definition) is 3. The van der Waals surface area contributed by atoms with Crippen LogP contribution in [0.4, 0.5) is 0 Å². The van der Waals surface area contributed by atoms with Crippen LogP contribution in [0.3, 0.4) is 0 Å². The lowest BCUT2D eigenvalue weighted by Gasteiger charge is -2.36. The Morgan fingerprint density at radius 2 is 2.21 bits per heavy atom. The van der Waals surface area contributed by atoms with Gasteiger partial charge in [0, 0.05) is 32.8 Å². The SMILES string of the molecule is COC1CCN(C2CNCCC2C)C1. The van der Waals surface area contributed by atoms with Gasteiger partial charge in [-0.05, 0) is 25.3 Å². The summed E-state index contributed by atoms with van der Waals surface area (Å²) in [6.45, 7) is 7.09. The van der Waals surface area contributed by atoms with Crippen LogP contribution < -0.4 is 5.32 Å². The molecule has 0 aliphatic carbocycles. The smallest absolute Gasteiger partial charge is 0.0710 e. The first-order valence-corrected chi connectivity index (χ1v) is 5.79. The largest absolute Gasteiger partial charge is 0.380 e. The van der Waals surface area contributed by atoms with Gasteiger partial charge in [-0.1, -0.05) is 6.92 Å². The van der Waals surface area contributed by atoms with E-state index >= 15 is 0 Å². The molecule has 0 aromatic heterocycles. The summed E-state index contributed by atoms with van der Waals surface area (Å²) < 4.78 is 5.41. The maximum Gasteiger partial charge on any atom is 0.0710 e.